The number of hydrogen-bond acceptors (Lipinski definition) is 4. The van der Waals surface area contributed by atoms with Gasteiger partial charge in [0.25, 0.3) is 5.91 Å². The van der Waals surface area contributed by atoms with Crippen LogP contribution in [0.5, 0.6) is 5.88 Å². The molecule has 2 heterocycles. The van der Waals surface area contributed by atoms with E-state index in [2.05, 4.69) is 15.6 Å². The van der Waals surface area contributed by atoms with Crippen molar-refractivity contribution in [1.82, 2.24) is 10.3 Å². The van der Waals surface area contributed by atoms with Gasteiger partial charge in [-0.15, -0.1) is 0 Å². The molecule has 0 bridgehead atoms. The summed E-state index contributed by atoms with van der Waals surface area (Å²) in [4.78, 5) is 28.0. The fraction of sp³-hybridized carbons (Fsp3) is 0.562. The summed E-state index contributed by atoms with van der Waals surface area (Å²) in [6.45, 7) is 0.696. The first kappa shape index (κ1) is 14.8. The van der Waals surface area contributed by atoms with E-state index in [0.717, 1.165) is 0 Å². The molecular weight excluding hydrogens is 282 g/mol. The van der Waals surface area contributed by atoms with Crippen LogP contribution < -0.4 is 15.4 Å². The molecule has 0 aromatic carbocycles. The van der Waals surface area contributed by atoms with Crippen molar-refractivity contribution in [3.63, 3.8) is 0 Å². The van der Waals surface area contributed by atoms with Crippen LogP contribution >= 0.6 is 0 Å². The lowest BCUT2D eigenvalue weighted by molar-refractivity contribution is -0.130. The molecule has 3 rings (SSSR count). The van der Waals surface area contributed by atoms with E-state index in [1.807, 2.05) is 0 Å². The topological polar surface area (TPSA) is 80.3 Å². The van der Waals surface area contributed by atoms with Crippen LogP contribution in [-0.4, -0.2) is 29.4 Å². The van der Waals surface area contributed by atoms with Crippen molar-refractivity contribution in [2.24, 2.45) is 5.92 Å². The highest BCUT2D eigenvalue weighted by Crippen LogP contribution is 2.27. The highest BCUT2D eigenvalue weighted by Gasteiger charge is 2.30. The van der Waals surface area contributed by atoms with Crippen LogP contribution in [0.1, 0.15) is 38.5 Å². The number of aromatic nitrogens is 1. The van der Waals surface area contributed by atoms with E-state index in [-0.39, 0.29) is 18.2 Å². The van der Waals surface area contributed by atoms with Gasteiger partial charge in [-0.05, 0) is 30.9 Å². The van der Waals surface area contributed by atoms with E-state index in [9.17, 15) is 9.59 Å². The van der Waals surface area contributed by atoms with Gasteiger partial charge in [0, 0.05) is 12.7 Å². The maximum Gasteiger partial charge on any atom is 0.266 e. The van der Waals surface area contributed by atoms with Gasteiger partial charge in [0.2, 0.25) is 11.8 Å². The quantitative estimate of drug-likeness (QED) is 0.890. The van der Waals surface area contributed by atoms with Gasteiger partial charge in [-0.3, -0.25) is 9.59 Å². The number of anilines is 1. The fourth-order valence-electron chi connectivity index (χ4n) is 3.01. The Labute approximate surface area is 129 Å². The maximum absolute atomic E-state index is 12.0. The Balaban J connectivity index is 1.50. The molecule has 2 N–H and O–H groups in total. The number of fused-ring (bicyclic) bond motifs is 1. The first-order chi connectivity index (χ1) is 10.7. The van der Waals surface area contributed by atoms with Crippen LogP contribution in [-0.2, 0) is 9.59 Å². The largest absolute Gasteiger partial charge is 0.462 e. The van der Waals surface area contributed by atoms with Crippen LogP contribution in [0.4, 0.5) is 5.69 Å². The van der Waals surface area contributed by atoms with Gasteiger partial charge in [-0.2, -0.15) is 0 Å². The minimum absolute atomic E-state index is 0.0224. The molecule has 2 aliphatic rings. The number of rotatable bonds is 4. The molecular formula is C16H21N3O3. The number of nitrogens with zero attached hydrogens (tertiary/aromatic N) is 1. The van der Waals surface area contributed by atoms with E-state index >= 15 is 0 Å². The number of nitrogens with one attached hydrogen (secondary N) is 2. The molecule has 1 unspecified atom stereocenters. The second kappa shape index (κ2) is 6.77. The molecule has 0 spiro atoms. The van der Waals surface area contributed by atoms with Gasteiger partial charge in [0.1, 0.15) is 5.69 Å². The number of carbonyl (C=O) groups is 2. The molecule has 1 saturated carbocycles. The van der Waals surface area contributed by atoms with Crippen LogP contribution in [0.15, 0.2) is 18.3 Å². The summed E-state index contributed by atoms with van der Waals surface area (Å²) < 4.78 is 5.52. The van der Waals surface area contributed by atoms with E-state index in [1.54, 1.807) is 18.3 Å². The van der Waals surface area contributed by atoms with Crippen LogP contribution in [0.25, 0.3) is 0 Å². The molecule has 6 heteroatoms. The number of amides is 2. The molecule has 1 aromatic rings. The van der Waals surface area contributed by atoms with Crippen molar-refractivity contribution in [2.45, 2.75) is 44.6 Å². The zero-order valence-corrected chi connectivity index (χ0v) is 12.5. The van der Waals surface area contributed by atoms with Crippen molar-refractivity contribution >= 4 is 17.5 Å². The van der Waals surface area contributed by atoms with Gasteiger partial charge < -0.3 is 15.4 Å². The maximum atomic E-state index is 12.0. The standard InChI is InChI=1S/C16H21N3O3/c20-14(18-10-11-5-2-1-3-6-11)9-13-15(21)19-12-7-4-8-17-16(12)22-13/h4,7-8,11,13H,1-3,5-6,9-10H2,(H,18,20)(H,19,21). The molecule has 1 aromatic heterocycles. The average molecular weight is 303 g/mol. The predicted octanol–water partition coefficient (Wildman–Crippen LogP) is 1.87. The molecule has 22 heavy (non-hydrogen) atoms. The summed E-state index contributed by atoms with van der Waals surface area (Å²) >= 11 is 0. The van der Waals surface area contributed by atoms with Gasteiger partial charge in [0.05, 0.1) is 6.42 Å². The Bertz CT molecular complexity index is 555. The highest BCUT2D eigenvalue weighted by atomic mass is 16.5. The zero-order chi connectivity index (χ0) is 15.4. The van der Waals surface area contributed by atoms with Crippen LogP contribution in [0.3, 0.4) is 0 Å². The Morgan fingerprint density at radius 3 is 3.00 bits per heavy atom. The number of hydrogen-bond donors (Lipinski definition) is 2. The zero-order valence-electron chi connectivity index (χ0n) is 12.5. The molecule has 1 aliphatic carbocycles. The summed E-state index contributed by atoms with van der Waals surface area (Å²) in [5.41, 5.74) is 0.548. The Morgan fingerprint density at radius 2 is 2.18 bits per heavy atom. The first-order valence-electron chi connectivity index (χ1n) is 7.91. The minimum Gasteiger partial charge on any atom is -0.462 e. The van der Waals surface area contributed by atoms with Crippen molar-refractivity contribution in [2.75, 3.05) is 11.9 Å². The monoisotopic (exact) mass is 303 g/mol. The molecule has 0 radical (unpaired) electrons. The molecule has 6 nitrogen and oxygen atoms in total. The third-order valence-corrected chi connectivity index (χ3v) is 4.26. The summed E-state index contributed by atoms with van der Waals surface area (Å²) in [7, 11) is 0. The highest BCUT2D eigenvalue weighted by molar-refractivity contribution is 5.99. The first-order valence-corrected chi connectivity index (χ1v) is 7.91. The molecule has 1 atom stereocenters. The Hall–Kier alpha value is -2.11. The minimum atomic E-state index is -0.811. The molecule has 1 fully saturated rings. The number of ether oxygens (including phenoxy) is 1. The van der Waals surface area contributed by atoms with Gasteiger partial charge in [-0.1, -0.05) is 19.3 Å². The average Bonchev–Trinajstić information content (AvgIpc) is 2.55. The smallest absolute Gasteiger partial charge is 0.266 e. The Kier molecular flexibility index (Phi) is 4.56. The van der Waals surface area contributed by atoms with E-state index in [1.165, 1.54) is 32.1 Å². The van der Waals surface area contributed by atoms with E-state index in [4.69, 9.17) is 4.74 Å². The summed E-state index contributed by atoms with van der Waals surface area (Å²) in [5.74, 6) is 0.492. The summed E-state index contributed by atoms with van der Waals surface area (Å²) in [6, 6.07) is 3.44. The third kappa shape index (κ3) is 3.55. The fourth-order valence-corrected chi connectivity index (χ4v) is 3.01. The molecule has 118 valence electrons. The molecule has 1 aliphatic heterocycles. The van der Waals surface area contributed by atoms with Gasteiger partial charge in [-0.25, -0.2) is 4.98 Å². The van der Waals surface area contributed by atoms with E-state index < -0.39 is 6.10 Å². The van der Waals surface area contributed by atoms with Crippen LogP contribution in [0, 0.1) is 5.92 Å². The predicted molar refractivity (Wildman–Crippen MR) is 81.5 cm³/mol. The van der Waals surface area contributed by atoms with Crippen molar-refractivity contribution < 1.29 is 14.3 Å². The lowest BCUT2D eigenvalue weighted by Crippen LogP contribution is -2.42. The van der Waals surface area contributed by atoms with Crippen molar-refractivity contribution in [3.8, 4) is 5.88 Å². The van der Waals surface area contributed by atoms with Gasteiger partial charge >= 0.3 is 0 Å². The summed E-state index contributed by atoms with van der Waals surface area (Å²) in [5, 5.41) is 5.64. The number of pyridine rings is 1. The normalized spacial score (nSPS) is 21.5. The second-order valence-electron chi connectivity index (χ2n) is 5.96. The van der Waals surface area contributed by atoms with Crippen LogP contribution in [0.2, 0.25) is 0 Å². The van der Waals surface area contributed by atoms with E-state index in [0.29, 0.717) is 24.0 Å². The third-order valence-electron chi connectivity index (χ3n) is 4.26. The van der Waals surface area contributed by atoms with Gasteiger partial charge in [0.15, 0.2) is 6.10 Å². The molecule has 0 saturated heterocycles. The van der Waals surface area contributed by atoms with Crippen molar-refractivity contribution in [3.05, 3.63) is 18.3 Å². The number of carbonyl (C=O) groups excluding carboxylic acids is 2. The SMILES string of the molecule is O=C(CC1Oc2ncccc2NC1=O)NCC1CCCCC1. The van der Waals surface area contributed by atoms with Crippen molar-refractivity contribution in [1.29, 1.82) is 0 Å². The summed E-state index contributed by atoms with van der Waals surface area (Å²) in [6.07, 6.45) is 6.95. The Morgan fingerprint density at radius 1 is 1.36 bits per heavy atom. The lowest BCUT2D eigenvalue weighted by atomic mass is 9.89. The molecule has 2 amide bonds. The lowest BCUT2D eigenvalue weighted by Gasteiger charge is -2.25. The second-order valence-corrected chi connectivity index (χ2v) is 5.96.